The molecule has 23 heavy (non-hydrogen) atoms. The molecule has 1 fully saturated rings. The van der Waals surface area contributed by atoms with Crippen LogP contribution in [0, 0.1) is 11.8 Å². The van der Waals surface area contributed by atoms with E-state index < -0.39 is 8.24 Å². The van der Waals surface area contributed by atoms with Gasteiger partial charge in [0.15, 0.2) is 0 Å². The smallest absolute Gasteiger partial charge is 0.309 e. The van der Waals surface area contributed by atoms with Crippen molar-refractivity contribution >= 4 is 14.2 Å². The second kappa shape index (κ2) is 8.12. The largest absolute Gasteiger partial charge is 0.466 e. The molecule has 0 bridgehead atoms. The van der Waals surface area contributed by atoms with Crippen molar-refractivity contribution in [3.63, 3.8) is 0 Å². The second-order valence-corrected chi connectivity index (χ2v) is 13.5. The van der Waals surface area contributed by atoms with Gasteiger partial charge in [0.25, 0.3) is 0 Å². The van der Waals surface area contributed by atoms with Crippen molar-refractivity contribution in [2.24, 2.45) is 11.8 Å². The van der Waals surface area contributed by atoms with Crippen molar-refractivity contribution in [2.75, 3.05) is 32.9 Å². The SMILES string of the molecule is CCOC(=O)C(C)CN1CCCN([Si](C)(C)C(C)(C)C(C)C)C1. The number of carbonyl (C=O) groups is 1. The third-order valence-corrected chi connectivity index (χ3v) is 12.0. The molecule has 0 spiro atoms. The molecule has 1 saturated heterocycles. The summed E-state index contributed by atoms with van der Waals surface area (Å²) in [5.41, 5.74) is 0. The summed E-state index contributed by atoms with van der Waals surface area (Å²) in [7, 11) is -1.55. The van der Waals surface area contributed by atoms with Crippen molar-refractivity contribution in [3.05, 3.63) is 0 Å². The Kier molecular flexibility index (Phi) is 7.29. The molecule has 0 radical (unpaired) electrons. The first kappa shape index (κ1) is 20.7. The molecular formula is C18H38N2O2Si. The van der Waals surface area contributed by atoms with Gasteiger partial charge in [0, 0.05) is 19.8 Å². The summed E-state index contributed by atoms with van der Waals surface area (Å²) in [6.45, 7) is 23.0. The first-order valence-corrected chi connectivity index (χ1v) is 12.1. The quantitative estimate of drug-likeness (QED) is 0.520. The van der Waals surface area contributed by atoms with Crippen LogP contribution in [0.15, 0.2) is 0 Å². The first-order chi connectivity index (χ1) is 10.5. The highest BCUT2D eigenvalue weighted by Gasteiger charge is 2.46. The summed E-state index contributed by atoms with van der Waals surface area (Å²) in [6.07, 6.45) is 1.19. The van der Waals surface area contributed by atoms with E-state index >= 15 is 0 Å². The molecule has 0 aromatic carbocycles. The molecule has 0 N–H and O–H groups in total. The van der Waals surface area contributed by atoms with Crippen molar-refractivity contribution in [2.45, 2.75) is 66.1 Å². The monoisotopic (exact) mass is 342 g/mol. The molecule has 1 aliphatic heterocycles. The first-order valence-electron chi connectivity index (χ1n) is 9.18. The predicted molar refractivity (Wildman–Crippen MR) is 99.9 cm³/mol. The van der Waals surface area contributed by atoms with Gasteiger partial charge in [-0.3, -0.25) is 9.69 Å². The van der Waals surface area contributed by atoms with Crippen LogP contribution in [0.5, 0.6) is 0 Å². The lowest BCUT2D eigenvalue weighted by Gasteiger charge is -2.53. The molecule has 0 aromatic heterocycles. The van der Waals surface area contributed by atoms with Crippen LogP contribution in [0.4, 0.5) is 0 Å². The van der Waals surface area contributed by atoms with E-state index in [-0.39, 0.29) is 11.9 Å². The minimum Gasteiger partial charge on any atom is -0.466 e. The van der Waals surface area contributed by atoms with Crippen molar-refractivity contribution in [1.29, 1.82) is 0 Å². The minimum atomic E-state index is -1.55. The van der Waals surface area contributed by atoms with E-state index in [9.17, 15) is 4.79 Å². The Morgan fingerprint density at radius 3 is 2.35 bits per heavy atom. The molecule has 1 unspecified atom stereocenters. The Hall–Kier alpha value is -0.393. The molecule has 136 valence electrons. The molecule has 1 aliphatic rings. The van der Waals surface area contributed by atoms with E-state index in [1.54, 1.807) is 0 Å². The van der Waals surface area contributed by atoms with Gasteiger partial charge in [-0.15, -0.1) is 0 Å². The molecule has 0 amide bonds. The highest BCUT2D eigenvalue weighted by atomic mass is 28.3. The lowest BCUT2D eigenvalue weighted by molar-refractivity contribution is -0.148. The third kappa shape index (κ3) is 4.80. The summed E-state index contributed by atoms with van der Waals surface area (Å²) >= 11 is 0. The normalized spacial score (nSPS) is 19.9. The van der Waals surface area contributed by atoms with E-state index in [0.29, 0.717) is 17.6 Å². The maximum Gasteiger partial charge on any atom is 0.309 e. The summed E-state index contributed by atoms with van der Waals surface area (Å²) < 4.78 is 7.89. The second-order valence-electron chi connectivity index (χ2n) is 8.42. The van der Waals surface area contributed by atoms with Gasteiger partial charge >= 0.3 is 5.97 Å². The van der Waals surface area contributed by atoms with Crippen LogP contribution in [0.2, 0.25) is 18.1 Å². The average Bonchev–Trinajstić information content (AvgIpc) is 2.47. The fourth-order valence-corrected chi connectivity index (χ4v) is 6.83. The zero-order valence-electron chi connectivity index (χ0n) is 16.6. The molecule has 1 rings (SSSR count). The van der Waals surface area contributed by atoms with Crippen LogP contribution in [-0.4, -0.2) is 56.6 Å². The van der Waals surface area contributed by atoms with Gasteiger partial charge in [-0.25, -0.2) is 0 Å². The van der Waals surface area contributed by atoms with Crippen LogP contribution in [0.25, 0.3) is 0 Å². The molecular weight excluding hydrogens is 304 g/mol. The standard InChI is InChI=1S/C18H38N2O2Si/c1-9-22-17(21)16(4)13-19-11-10-12-20(14-19)23(7,8)18(5,6)15(2)3/h15-16H,9-14H2,1-8H3. The fraction of sp³-hybridized carbons (Fsp3) is 0.944. The predicted octanol–water partition coefficient (Wildman–Crippen LogP) is 3.79. The van der Waals surface area contributed by atoms with Crippen molar-refractivity contribution in [1.82, 2.24) is 9.47 Å². The highest BCUT2D eigenvalue weighted by Crippen LogP contribution is 2.46. The maximum atomic E-state index is 11.9. The number of carbonyl (C=O) groups excluding carboxylic acids is 1. The third-order valence-electron chi connectivity index (χ3n) is 6.30. The van der Waals surface area contributed by atoms with Crippen LogP contribution in [-0.2, 0) is 9.53 Å². The summed E-state index contributed by atoms with van der Waals surface area (Å²) in [5, 5.41) is 0.364. The van der Waals surface area contributed by atoms with Crippen LogP contribution in [0.1, 0.15) is 48.0 Å². The summed E-state index contributed by atoms with van der Waals surface area (Å²) in [4.78, 5) is 14.3. The number of nitrogens with zero attached hydrogens (tertiary/aromatic N) is 2. The van der Waals surface area contributed by atoms with Crippen molar-refractivity contribution < 1.29 is 9.53 Å². The van der Waals surface area contributed by atoms with Crippen LogP contribution < -0.4 is 0 Å². The Labute approximate surface area is 144 Å². The Morgan fingerprint density at radius 1 is 1.22 bits per heavy atom. The Bertz CT molecular complexity index is 396. The van der Waals surface area contributed by atoms with Crippen LogP contribution >= 0.6 is 0 Å². The zero-order valence-corrected chi connectivity index (χ0v) is 17.6. The minimum absolute atomic E-state index is 0.0437. The van der Waals surface area contributed by atoms with Gasteiger partial charge < -0.3 is 9.30 Å². The van der Waals surface area contributed by atoms with Gasteiger partial charge in [-0.1, -0.05) is 47.7 Å². The van der Waals surface area contributed by atoms with Crippen molar-refractivity contribution in [3.8, 4) is 0 Å². The maximum absolute atomic E-state index is 11.9. The van der Waals surface area contributed by atoms with E-state index in [2.05, 4.69) is 50.3 Å². The number of hydrogen-bond acceptors (Lipinski definition) is 4. The fourth-order valence-electron chi connectivity index (χ4n) is 3.33. The number of hydrogen-bond donors (Lipinski definition) is 0. The van der Waals surface area contributed by atoms with Crippen LogP contribution in [0.3, 0.4) is 0 Å². The molecule has 0 aliphatic carbocycles. The van der Waals surface area contributed by atoms with Gasteiger partial charge in [0.1, 0.15) is 8.24 Å². The van der Waals surface area contributed by atoms with E-state index in [4.69, 9.17) is 4.74 Å². The van der Waals surface area contributed by atoms with Gasteiger partial charge in [-0.05, 0) is 30.8 Å². The summed E-state index contributed by atoms with van der Waals surface area (Å²) in [5.74, 6) is 0.569. The molecule has 4 nitrogen and oxygen atoms in total. The Balaban J connectivity index is 2.72. The molecule has 0 aromatic rings. The summed E-state index contributed by atoms with van der Waals surface area (Å²) in [6, 6.07) is 0. The lowest BCUT2D eigenvalue weighted by Crippen LogP contribution is -2.62. The number of ether oxygens (including phenoxy) is 1. The van der Waals surface area contributed by atoms with Gasteiger partial charge in [0.2, 0.25) is 0 Å². The highest BCUT2D eigenvalue weighted by molar-refractivity contribution is 6.77. The number of esters is 1. The molecule has 0 saturated carbocycles. The number of rotatable bonds is 7. The van der Waals surface area contributed by atoms with E-state index in [0.717, 1.165) is 19.8 Å². The lowest BCUT2D eigenvalue weighted by atomic mass is 9.99. The molecule has 1 atom stereocenters. The molecule has 1 heterocycles. The van der Waals surface area contributed by atoms with E-state index in [1.807, 2.05) is 13.8 Å². The molecule has 5 heteroatoms. The topological polar surface area (TPSA) is 32.8 Å². The van der Waals surface area contributed by atoms with E-state index in [1.165, 1.54) is 13.0 Å². The zero-order chi connectivity index (χ0) is 17.8. The van der Waals surface area contributed by atoms with Gasteiger partial charge in [0.05, 0.1) is 12.5 Å². The average molecular weight is 343 g/mol. The van der Waals surface area contributed by atoms with Gasteiger partial charge in [-0.2, -0.15) is 0 Å². The Morgan fingerprint density at radius 2 is 1.83 bits per heavy atom.